The molecule has 0 saturated carbocycles. The Labute approximate surface area is 186 Å². The van der Waals surface area contributed by atoms with Crippen LogP contribution in [0.2, 0.25) is 5.02 Å². The van der Waals surface area contributed by atoms with Gasteiger partial charge in [0.2, 0.25) is 13.3 Å². The molecular formula is C19H19ClF3N2O6P. The highest BCUT2D eigenvalue weighted by Crippen LogP contribution is 2.48. The Kier molecular flexibility index (Phi) is 7.92. The molecule has 13 heteroatoms. The van der Waals surface area contributed by atoms with E-state index in [-0.39, 0.29) is 28.0 Å². The second-order valence-electron chi connectivity index (χ2n) is 6.70. The third-order valence-corrected chi connectivity index (χ3v) is 7.08. The quantitative estimate of drug-likeness (QED) is 0.288. The van der Waals surface area contributed by atoms with Crippen LogP contribution < -0.4 is 10.0 Å². The van der Waals surface area contributed by atoms with E-state index in [0.717, 1.165) is 24.3 Å². The van der Waals surface area contributed by atoms with E-state index in [1.165, 1.54) is 32.0 Å². The molecular weight excluding hydrogens is 476 g/mol. The molecule has 1 amide bonds. The largest absolute Gasteiger partial charge is 0.456 e. The lowest BCUT2D eigenvalue weighted by atomic mass is 10.2. The highest BCUT2D eigenvalue weighted by molar-refractivity contribution is 7.67. The minimum Gasteiger partial charge on any atom is -0.456 e. The lowest BCUT2D eigenvalue weighted by Gasteiger charge is -2.19. The van der Waals surface area contributed by atoms with Gasteiger partial charge in [-0.05, 0) is 24.3 Å². The molecule has 0 bridgehead atoms. The van der Waals surface area contributed by atoms with E-state index in [0.29, 0.717) is 6.07 Å². The van der Waals surface area contributed by atoms with E-state index >= 15 is 0 Å². The van der Waals surface area contributed by atoms with E-state index in [4.69, 9.17) is 20.9 Å². The van der Waals surface area contributed by atoms with Gasteiger partial charge in [-0.1, -0.05) is 18.5 Å². The maximum atomic E-state index is 13.4. The lowest BCUT2D eigenvalue weighted by Crippen LogP contribution is -2.27. The zero-order chi connectivity index (χ0) is 24.3. The number of rotatable bonds is 8. The number of nitro groups is 1. The van der Waals surface area contributed by atoms with Gasteiger partial charge in [0, 0.05) is 32.4 Å². The van der Waals surface area contributed by atoms with Gasteiger partial charge in [0.15, 0.2) is 0 Å². The molecule has 0 aromatic heterocycles. The van der Waals surface area contributed by atoms with Crippen LogP contribution in [0.4, 0.5) is 18.9 Å². The van der Waals surface area contributed by atoms with Gasteiger partial charge in [-0.25, -0.2) is 0 Å². The van der Waals surface area contributed by atoms with Crippen molar-refractivity contribution in [1.82, 2.24) is 4.90 Å². The first-order chi connectivity index (χ1) is 14.8. The molecule has 0 heterocycles. The number of carbonyl (C=O) groups is 1. The first-order valence-electron chi connectivity index (χ1n) is 9.06. The minimum absolute atomic E-state index is 0.0662. The third-order valence-electron chi connectivity index (χ3n) is 4.31. The van der Waals surface area contributed by atoms with Gasteiger partial charge in [-0.2, -0.15) is 13.2 Å². The maximum absolute atomic E-state index is 13.4. The Hall–Kier alpha value is -2.62. The van der Waals surface area contributed by atoms with Crippen molar-refractivity contribution in [1.29, 1.82) is 0 Å². The second kappa shape index (κ2) is 9.89. The molecule has 0 aliphatic rings. The van der Waals surface area contributed by atoms with Crippen LogP contribution in [0.3, 0.4) is 0 Å². The van der Waals surface area contributed by atoms with Crippen molar-refractivity contribution in [2.24, 2.45) is 0 Å². The van der Waals surface area contributed by atoms with Crippen molar-refractivity contribution in [2.75, 3.05) is 26.9 Å². The van der Waals surface area contributed by atoms with Gasteiger partial charge in [0.25, 0.3) is 5.69 Å². The molecule has 1 atom stereocenters. The molecule has 0 fully saturated rings. The van der Waals surface area contributed by atoms with Crippen molar-refractivity contribution >= 4 is 35.9 Å². The standard InChI is InChI=1S/C19H19ClF3N2O6P/c1-4-32(29,30-11-18(26)24(2)3)17-10-13(6-7-15(17)25(27)28)31-16-8-5-12(9-14(16)20)19(21,22)23/h5-10H,4,11H2,1-3H3. The molecule has 2 aromatic carbocycles. The molecule has 32 heavy (non-hydrogen) atoms. The molecule has 0 aliphatic carbocycles. The fraction of sp³-hybridized carbons (Fsp3) is 0.316. The summed E-state index contributed by atoms with van der Waals surface area (Å²) < 4.78 is 62.6. The highest BCUT2D eigenvalue weighted by Gasteiger charge is 2.34. The number of hydrogen-bond acceptors (Lipinski definition) is 6. The van der Waals surface area contributed by atoms with Gasteiger partial charge in [0.1, 0.15) is 23.4 Å². The smallest absolute Gasteiger partial charge is 0.416 e. The van der Waals surface area contributed by atoms with Crippen LogP contribution in [0, 0.1) is 10.1 Å². The number of amides is 1. The summed E-state index contributed by atoms with van der Waals surface area (Å²) in [6, 6.07) is 5.74. The predicted octanol–water partition coefficient (Wildman–Crippen LogP) is 5.09. The number of nitrogens with zero attached hydrogens (tertiary/aromatic N) is 2. The molecule has 0 aliphatic heterocycles. The Morgan fingerprint density at radius 2 is 1.88 bits per heavy atom. The predicted molar refractivity (Wildman–Crippen MR) is 112 cm³/mol. The number of alkyl halides is 3. The zero-order valence-corrected chi connectivity index (χ0v) is 18.8. The average Bonchev–Trinajstić information content (AvgIpc) is 2.72. The van der Waals surface area contributed by atoms with Crippen molar-refractivity contribution in [3.63, 3.8) is 0 Å². The fourth-order valence-corrected chi connectivity index (χ4v) is 4.53. The Bertz CT molecular complexity index is 1080. The summed E-state index contributed by atoms with van der Waals surface area (Å²) in [5.74, 6) is -0.705. The van der Waals surface area contributed by atoms with Crippen LogP contribution in [-0.4, -0.2) is 42.6 Å². The molecule has 1 unspecified atom stereocenters. The molecule has 0 spiro atoms. The topological polar surface area (TPSA) is 99.0 Å². The number of benzene rings is 2. The lowest BCUT2D eigenvalue weighted by molar-refractivity contribution is -0.383. The first-order valence-corrected chi connectivity index (χ1v) is 11.2. The second-order valence-corrected chi connectivity index (χ2v) is 9.83. The number of carbonyl (C=O) groups excluding carboxylic acids is 1. The average molecular weight is 495 g/mol. The maximum Gasteiger partial charge on any atom is 0.416 e. The number of hydrogen-bond donors (Lipinski definition) is 0. The van der Waals surface area contributed by atoms with Crippen LogP contribution >= 0.6 is 19.0 Å². The molecule has 2 aromatic rings. The molecule has 2 rings (SSSR count). The van der Waals surface area contributed by atoms with E-state index in [1.807, 2.05) is 0 Å². The SMILES string of the molecule is CCP(=O)(OCC(=O)N(C)C)c1cc(Oc2ccc(C(F)(F)F)cc2Cl)ccc1[N+](=O)[O-]. The summed E-state index contributed by atoms with van der Waals surface area (Å²) in [6.07, 6.45) is -4.75. The minimum atomic E-state index is -4.60. The number of halogens is 4. The summed E-state index contributed by atoms with van der Waals surface area (Å²) >= 11 is 5.88. The summed E-state index contributed by atoms with van der Waals surface area (Å²) in [7, 11) is -0.931. The zero-order valence-electron chi connectivity index (χ0n) is 17.2. The molecule has 0 N–H and O–H groups in total. The third kappa shape index (κ3) is 5.99. The Morgan fingerprint density at radius 3 is 2.38 bits per heavy atom. The molecule has 174 valence electrons. The monoisotopic (exact) mass is 494 g/mol. The normalized spacial score (nSPS) is 13.3. The van der Waals surface area contributed by atoms with E-state index in [9.17, 15) is 32.6 Å². The van der Waals surface area contributed by atoms with E-state index in [2.05, 4.69) is 0 Å². The fourth-order valence-electron chi connectivity index (χ4n) is 2.50. The molecule has 0 radical (unpaired) electrons. The van der Waals surface area contributed by atoms with Crippen molar-refractivity contribution in [2.45, 2.75) is 13.1 Å². The Balaban J connectivity index is 2.44. The summed E-state index contributed by atoms with van der Waals surface area (Å²) in [4.78, 5) is 23.7. The summed E-state index contributed by atoms with van der Waals surface area (Å²) in [5, 5.41) is 10.8. The van der Waals surface area contributed by atoms with Crippen LogP contribution in [-0.2, 0) is 20.1 Å². The van der Waals surface area contributed by atoms with Gasteiger partial charge >= 0.3 is 6.18 Å². The first kappa shape index (κ1) is 25.6. The summed E-state index contributed by atoms with van der Waals surface area (Å²) in [6.45, 7) is 0.913. The number of nitro benzene ring substituents is 1. The molecule has 8 nitrogen and oxygen atoms in total. The van der Waals surface area contributed by atoms with Crippen molar-refractivity contribution < 1.29 is 36.7 Å². The van der Waals surface area contributed by atoms with E-state index < -0.39 is 42.2 Å². The number of likely N-dealkylation sites (N-methyl/N-ethyl adjacent to an activating group) is 1. The molecule has 0 saturated heterocycles. The van der Waals surface area contributed by atoms with E-state index in [1.54, 1.807) is 0 Å². The Morgan fingerprint density at radius 1 is 1.22 bits per heavy atom. The van der Waals surface area contributed by atoms with Crippen LogP contribution in [0.15, 0.2) is 36.4 Å². The van der Waals surface area contributed by atoms with Crippen molar-refractivity contribution in [3.8, 4) is 11.5 Å². The van der Waals surface area contributed by atoms with Crippen LogP contribution in [0.1, 0.15) is 12.5 Å². The van der Waals surface area contributed by atoms with Gasteiger partial charge < -0.3 is 14.2 Å². The van der Waals surface area contributed by atoms with Gasteiger partial charge in [0.05, 0.1) is 15.5 Å². The van der Waals surface area contributed by atoms with Gasteiger partial charge in [-0.15, -0.1) is 0 Å². The highest BCUT2D eigenvalue weighted by atomic mass is 35.5. The van der Waals surface area contributed by atoms with Crippen LogP contribution in [0.5, 0.6) is 11.5 Å². The van der Waals surface area contributed by atoms with Crippen LogP contribution in [0.25, 0.3) is 0 Å². The van der Waals surface area contributed by atoms with Gasteiger partial charge in [-0.3, -0.25) is 19.5 Å². The number of ether oxygens (including phenoxy) is 1. The summed E-state index contributed by atoms with van der Waals surface area (Å²) in [5.41, 5.74) is -1.49. The van der Waals surface area contributed by atoms with Crippen molar-refractivity contribution in [3.05, 3.63) is 57.1 Å².